The predicted octanol–water partition coefficient (Wildman–Crippen LogP) is 1.59. The van der Waals surface area contributed by atoms with Gasteiger partial charge in [0.25, 0.3) is 5.91 Å². The minimum Gasteiger partial charge on any atom is -0.390 e. The molecule has 3 unspecified atom stereocenters. The Kier molecular flexibility index (Phi) is 5.52. The van der Waals surface area contributed by atoms with Crippen LogP contribution in [0.3, 0.4) is 0 Å². The molecule has 1 aliphatic carbocycles. The topological polar surface area (TPSA) is 64.1 Å². The highest BCUT2D eigenvalue weighted by molar-refractivity contribution is 7.88. The maximum absolute atomic E-state index is 13.0. The van der Waals surface area contributed by atoms with Crippen molar-refractivity contribution in [1.29, 1.82) is 0 Å². The first-order chi connectivity index (χ1) is 14.6. The second-order valence-corrected chi connectivity index (χ2v) is 10.3. The standard InChI is InChI=1S/C23H29N3O3S/c27-21(15-24-9-7-17-3-1-2-4-19(17)14-24)16-25-10-8-18-13-20(26-11-12-30(26)29)5-6-22(18)23(25)28/h1-6,13,17,19,21,27H,7-12,14-16H2/t17?,19?,21-,30?/m1/s1. The number of aliphatic hydroxyl groups is 1. The lowest BCUT2D eigenvalue weighted by Crippen LogP contribution is -2.48. The molecular formula is C23H29N3O3S. The van der Waals surface area contributed by atoms with Gasteiger partial charge in [-0.05, 0) is 55.0 Å². The Balaban J connectivity index is 1.18. The third kappa shape index (κ3) is 3.86. The number of allylic oxidation sites excluding steroid dienone is 3. The SMILES string of the molecule is O=C1c2ccc(N3CCS3=O)cc2CCN1C[C@H](O)CN1CCC2C=CC=CC2C1. The van der Waals surface area contributed by atoms with E-state index in [0.717, 1.165) is 43.7 Å². The molecule has 3 heterocycles. The summed E-state index contributed by atoms with van der Waals surface area (Å²) in [7, 11) is -0.919. The van der Waals surface area contributed by atoms with E-state index in [2.05, 4.69) is 29.2 Å². The molecule has 0 saturated carbocycles. The van der Waals surface area contributed by atoms with Crippen LogP contribution < -0.4 is 4.31 Å². The van der Waals surface area contributed by atoms with Crippen molar-refractivity contribution in [3.8, 4) is 0 Å². The second-order valence-electron chi connectivity index (χ2n) is 8.77. The van der Waals surface area contributed by atoms with Crippen molar-refractivity contribution in [2.24, 2.45) is 11.8 Å². The normalized spacial score (nSPS) is 29.4. The number of nitrogens with zero attached hydrogens (tertiary/aromatic N) is 3. The molecule has 1 aromatic carbocycles. The number of β-amino-alcohol motifs (C(OH)–C–C–N with tert-alkyl or cyclic N) is 1. The van der Waals surface area contributed by atoms with Gasteiger partial charge in [-0.3, -0.25) is 9.10 Å². The first-order valence-corrected chi connectivity index (χ1v) is 12.2. The minimum atomic E-state index is -0.919. The largest absolute Gasteiger partial charge is 0.390 e. The first kappa shape index (κ1) is 20.0. The quantitative estimate of drug-likeness (QED) is 0.775. The van der Waals surface area contributed by atoms with Crippen LogP contribution >= 0.6 is 0 Å². The number of amides is 1. The molecule has 2 fully saturated rings. The smallest absolute Gasteiger partial charge is 0.254 e. The van der Waals surface area contributed by atoms with E-state index in [1.807, 2.05) is 22.5 Å². The molecule has 1 amide bonds. The number of carbonyl (C=O) groups excluding carboxylic acids is 1. The number of fused-ring (bicyclic) bond motifs is 2. The fourth-order valence-corrected chi connectivity index (χ4v) is 5.92. The molecular weight excluding hydrogens is 398 g/mol. The van der Waals surface area contributed by atoms with Crippen LogP contribution in [0.15, 0.2) is 42.5 Å². The van der Waals surface area contributed by atoms with Crippen LogP contribution in [0.2, 0.25) is 0 Å². The number of carbonyl (C=O) groups is 1. The third-order valence-corrected chi connectivity index (χ3v) is 8.20. The lowest BCUT2D eigenvalue weighted by molar-refractivity contribution is 0.0431. The lowest BCUT2D eigenvalue weighted by atomic mass is 9.82. The summed E-state index contributed by atoms with van der Waals surface area (Å²) in [5, 5.41) is 10.7. The Bertz CT molecular complexity index is 915. The summed E-state index contributed by atoms with van der Waals surface area (Å²) in [6.07, 6.45) is 10.2. The molecule has 1 aromatic rings. The van der Waals surface area contributed by atoms with Crippen LogP contribution in [-0.2, 0) is 17.4 Å². The average molecular weight is 428 g/mol. The Morgan fingerprint density at radius 3 is 2.70 bits per heavy atom. The van der Waals surface area contributed by atoms with Crippen molar-refractivity contribution < 1.29 is 14.1 Å². The van der Waals surface area contributed by atoms with E-state index < -0.39 is 17.1 Å². The van der Waals surface area contributed by atoms with Crippen molar-refractivity contribution in [1.82, 2.24) is 9.80 Å². The Morgan fingerprint density at radius 2 is 1.93 bits per heavy atom. The van der Waals surface area contributed by atoms with Gasteiger partial charge >= 0.3 is 0 Å². The summed E-state index contributed by atoms with van der Waals surface area (Å²) in [5.41, 5.74) is 2.67. The van der Waals surface area contributed by atoms with Crippen molar-refractivity contribution in [3.63, 3.8) is 0 Å². The van der Waals surface area contributed by atoms with E-state index in [4.69, 9.17) is 0 Å². The van der Waals surface area contributed by atoms with Gasteiger partial charge in [0.05, 0.1) is 11.9 Å². The summed E-state index contributed by atoms with van der Waals surface area (Å²) in [6.45, 7) is 4.37. The predicted molar refractivity (Wildman–Crippen MR) is 119 cm³/mol. The van der Waals surface area contributed by atoms with Gasteiger partial charge in [0.15, 0.2) is 0 Å². The Labute approximate surface area is 180 Å². The molecule has 5 rings (SSSR count). The van der Waals surface area contributed by atoms with Crippen molar-refractivity contribution in [2.75, 3.05) is 49.3 Å². The van der Waals surface area contributed by atoms with Crippen molar-refractivity contribution >= 4 is 22.6 Å². The number of hydrogen-bond acceptors (Lipinski definition) is 4. The van der Waals surface area contributed by atoms with Crippen LogP contribution in [0.4, 0.5) is 5.69 Å². The molecule has 6 nitrogen and oxygen atoms in total. The summed E-state index contributed by atoms with van der Waals surface area (Å²) >= 11 is 0. The molecule has 4 aliphatic rings. The Hall–Kier alpha value is -1.96. The highest BCUT2D eigenvalue weighted by Crippen LogP contribution is 2.30. The lowest BCUT2D eigenvalue weighted by Gasteiger charge is -2.39. The van der Waals surface area contributed by atoms with Crippen molar-refractivity contribution in [2.45, 2.75) is 18.9 Å². The molecule has 2 saturated heterocycles. The van der Waals surface area contributed by atoms with Gasteiger partial charge in [0.2, 0.25) is 0 Å². The van der Waals surface area contributed by atoms with E-state index in [1.165, 1.54) is 0 Å². The van der Waals surface area contributed by atoms with Gasteiger partial charge < -0.3 is 14.9 Å². The molecule has 0 spiro atoms. The first-order valence-electron chi connectivity index (χ1n) is 10.9. The van der Waals surface area contributed by atoms with Crippen LogP contribution in [0, 0.1) is 11.8 Å². The molecule has 3 aliphatic heterocycles. The summed E-state index contributed by atoms with van der Waals surface area (Å²) < 4.78 is 13.7. The molecule has 1 N–H and O–H groups in total. The van der Waals surface area contributed by atoms with Gasteiger partial charge in [0, 0.05) is 44.0 Å². The summed E-state index contributed by atoms with van der Waals surface area (Å²) in [6, 6.07) is 5.76. The molecule has 4 atom stereocenters. The van der Waals surface area contributed by atoms with E-state index >= 15 is 0 Å². The maximum atomic E-state index is 13.0. The fraction of sp³-hybridized carbons (Fsp3) is 0.522. The van der Waals surface area contributed by atoms with Gasteiger partial charge in [-0.15, -0.1) is 0 Å². The number of aliphatic hydroxyl groups excluding tert-OH is 1. The number of likely N-dealkylation sites (tertiary alicyclic amines) is 1. The van der Waals surface area contributed by atoms with Crippen LogP contribution in [0.1, 0.15) is 22.3 Å². The van der Waals surface area contributed by atoms with Gasteiger partial charge in [-0.1, -0.05) is 24.3 Å². The van der Waals surface area contributed by atoms with E-state index in [-0.39, 0.29) is 5.91 Å². The van der Waals surface area contributed by atoms with Crippen LogP contribution in [0.25, 0.3) is 0 Å². The summed E-state index contributed by atoms with van der Waals surface area (Å²) in [4.78, 5) is 17.1. The second kappa shape index (κ2) is 8.29. The molecule has 7 heteroatoms. The highest BCUT2D eigenvalue weighted by atomic mass is 32.2. The van der Waals surface area contributed by atoms with Gasteiger partial charge in [-0.2, -0.15) is 0 Å². The van der Waals surface area contributed by atoms with Crippen LogP contribution in [-0.4, -0.2) is 76.1 Å². The number of benzene rings is 1. The molecule has 160 valence electrons. The monoisotopic (exact) mass is 427 g/mol. The number of piperidine rings is 1. The average Bonchev–Trinajstić information content (AvgIpc) is 2.74. The zero-order chi connectivity index (χ0) is 20.7. The molecule has 0 radical (unpaired) electrons. The zero-order valence-electron chi connectivity index (χ0n) is 17.2. The van der Waals surface area contributed by atoms with Gasteiger partial charge in [0.1, 0.15) is 11.0 Å². The minimum absolute atomic E-state index is 0.00867. The van der Waals surface area contributed by atoms with E-state index in [1.54, 1.807) is 4.90 Å². The van der Waals surface area contributed by atoms with E-state index in [9.17, 15) is 14.1 Å². The number of rotatable bonds is 5. The Morgan fingerprint density at radius 1 is 1.10 bits per heavy atom. The molecule has 0 aromatic heterocycles. The fourth-order valence-electron chi connectivity index (χ4n) is 5.06. The highest BCUT2D eigenvalue weighted by Gasteiger charge is 2.31. The molecule has 0 bridgehead atoms. The zero-order valence-corrected chi connectivity index (χ0v) is 18.0. The maximum Gasteiger partial charge on any atom is 0.254 e. The number of anilines is 1. The summed E-state index contributed by atoms with van der Waals surface area (Å²) in [5.74, 6) is 1.87. The number of hydrogen-bond donors (Lipinski definition) is 1. The van der Waals surface area contributed by atoms with Gasteiger partial charge in [-0.25, -0.2) is 4.21 Å². The molecule has 30 heavy (non-hydrogen) atoms. The van der Waals surface area contributed by atoms with Crippen LogP contribution in [0.5, 0.6) is 0 Å². The third-order valence-electron chi connectivity index (χ3n) is 6.79. The van der Waals surface area contributed by atoms with Crippen molar-refractivity contribution in [3.05, 3.63) is 53.6 Å². The van der Waals surface area contributed by atoms with E-state index in [0.29, 0.717) is 42.8 Å².